The molecule has 0 saturated carbocycles. The van der Waals surface area contributed by atoms with Gasteiger partial charge >= 0.3 is 0 Å². The summed E-state index contributed by atoms with van der Waals surface area (Å²) < 4.78 is 26.3. The van der Waals surface area contributed by atoms with Crippen LogP contribution in [-0.4, -0.2) is 14.2 Å². The molecule has 106 valence electrons. The first kappa shape index (κ1) is 15.0. The maximum absolute atomic E-state index is 11.8. The maximum atomic E-state index is 11.8. The summed E-state index contributed by atoms with van der Waals surface area (Å²) >= 11 is 5.35. The second-order valence-electron chi connectivity index (χ2n) is 4.59. The highest BCUT2D eigenvalue weighted by atomic mass is 35.5. The van der Waals surface area contributed by atoms with Crippen LogP contribution in [0.4, 0.5) is 0 Å². The van der Waals surface area contributed by atoms with E-state index in [4.69, 9.17) is 11.6 Å². The summed E-state index contributed by atoms with van der Waals surface area (Å²) in [5, 5.41) is 2.23. The van der Waals surface area contributed by atoms with E-state index >= 15 is 0 Å². The quantitative estimate of drug-likeness (QED) is 0.917. The number of hydrogen-bond acceptors (Lipinski definition) is 2. The highest BCUT2D eigenvalue weighted by molar-refractivity contribution is 7.89. The van der Waals surface area contributed by atoms with Crippen molar-refractivity contribution in [2.75, 3.05) is 5.75 Å². The largest absolute Gasteiger partial charge is 0.215 e. The number of hydrogen-bond donors (Lipinski definition) is 1. The molecule has 0 amide bonds. The van der Waals surface area contributed by atoms with Gasteiger partial charge in [0.05, 0.1) is 5.75 Å². The van der Waals surface area contributed by atoms with Crippen LogP contribution in [0.25, 0.3) is 10.8 Å². The fourth-order valence-electron chi connectivity index (χ4n) is 2.03. The average molecular weight is 310 g/mol. The average Bonchev–Trinajstić information content (AvgIpc) is 2.44. The molecule has 0 spiro atoms. The van der Waals surface area contributed by atoms with Crippen LogP contribution in [0.5, 0.6) is 0 Å². The molecule has 0 saturated heterocycles. The van der Waals surface area contributed by atoms with Crippen molar-refractivity contribution >= 4 is 32.4 Å². The van der Waals surface area contributed by atoms with Crippen molar-refractivity contribution in [3.8, 4) is 0 Å². The molecule has 0 fully saturated rings. The Hall–Kier alpha value is -1.36. The normalized spacial score (nSPS) is 13.9. The third-order valence-electron chi connectivity index (χ3n) is 3.03. The third kappa shape index (κ3) is 3.82. The number of nitrogens with one attached hydrogen (secondary N) is 1. The Morgan fingerprint density at radius 2 is 1.90 bits per heavy atom. The molecule has 0 radical (unpaired) electrons. The van der Waals surface area contributed by atoms with E-state index in [0.717, 1.165) is 16.3 Å². The Labute approximate surface area is 124 Å². The van der Waals surface area contributed by atoms with Crippen LogP contribution in [0.1, 0.15) is 18.5 Å². The standard InChI is InChI=1S/C15H16ClNO2S/c1-12(17-20(18,19)10-4-9-16)14-8-7-13-5-2-3-6-15(13)11-14/h2-9,11-12,17H,10H2,1H3. The SMILES string of the molecule is CC(NS(=O)(=O)CC=CCl)c1ccc2ccccc2c1. The lowest BCUT2D eigenvalue weighted by atomic mass is 10.0. The summed E-state index contributed by atoms with van der Waals surface area (Å²) in [5.41, 5.74) is 2.14. The molecule has 2 aromatic carbocycles. The van der Waals surface area contributed by atoms with Crippen LogP contribution in [0, 0.1) is 0 Å². The Balaban J connectivity index is 2.21. The Kier molecular flexibility index (Phi) is 4.81. The van der Waals surface area contributed by atoms with Gasteiger partial charge in [0.25, 0.3) is 0 Å². The van der Waals surface area contributed by atoms with Crippen LogP contribution < -0.4 is 4.72 Å². The van der Waals surface area contributed by atoms with Gasteiger partial charge in [0, 0.05) is 11.6 Å². The van der Waals surface area contributed by atoms with Gasteiger partial charge in [0.1, 0.15) is 0 Å². The van der Waals surface area contributed by atoms with Crippen LogP contribution >= 0.6 is 11.6 Å². The molecule has 0 aliphatic carbocycles. The van der Waals surface area contributed by atoms with Gasteiger partial charge in [-0.1, -0.05) is 54.1 Å². The Bertz CT molecular complexity index is 725. The highest BCUT2D eigenvalue weighted by Gasteiger charge is 2.14. The van der Waals surface area contributed by atoms with Crippen LogP contribution in [0.2, 0.25) is 0 Å². The van der Waals surface area contributed by atoms with Crippen molar-refractivity contribution in [1.29, 1.82) is 0 Å². The number of fused-ring (bicyclic) bond motifs is 1. The fourth-order valence-corrected chi connectivity index (χ4v) is 3.34. The van der Waals surface area contributed by atoms with E-state index in [1.54, 1.807) is 0 Å². The van der Waals surface area contributed by atoms with Crippen molar-refractivity contribution in [2.24, 2.45) is 0 Å². The van der Waals surface area contributed by atoms with Gasteiger partial charge < -0.3 is 0 Å². The van der Waals surface area contributed by atoms with Gasteiger partial charge in [-0.15, -0.1) is 0 Å². The predicted octanol–water partition coefficient (Wildman–Crippen LogP) is 3.57. The summed E-state index contributed by atoms with van der Waals surface area (Å²) in [7, 11) is -3.37. The van der Waals surface area contributed by atoms with E-state index < -0.39 is 10.0 Å². The lowest BCUT2D eigenvalue weighted by Crippen LogP contribution is -2.28. The molecule has 2 aromatic rings. The van der Waals surface area contributed by atoms with Gasteiger partial charge in [0.15, 0.2) is 0 Å². The molecule has 0 aliphatic heterocycles. The van der Waals surface area contributed by atoms with Gasteiger partial charge in [-0.3, -0.25) is 0 Å². The smallest absolute Gasteiger partial charge is 0.212 e. The van der Waals surface area contributed by atoms with Gasteiger partial charge in [-0.2, -0.15) is 0 Å². The zero-order chi connectivity index (χ0) is 14.6. The molecule has 1 N–H and O–H groups in total. The van der Waals surface area contributed by atoms with Crippen LogP contribution in [0.3, 0.4) is 0 Å². The fraction of sp³-hybridized carbons (Fsp3) is 0.200. The molecular formula is C15H16ClNO2S. The van der Waals surface area contributed by atoms with Crippen molar-refractivity contribution in [2.45, 2.75) is 13.0 Å². The predicted molar refractivity (Wildman–Crippen MR) is 84.3 cm³/mol. The second-order valence-corrected chi connectivity index (χ2v) is 6.64. The van der Waals surface area contributed by atoms with Crippen molar-refractivity contribution in [1.82, 2.24) is 4.72 Å². The number of sulfonamides is 1. The first-order chi connectivity index (χ1) is 9.52. The topological polar surface area (TPSA) is 46.2 Å². The Morgan fingerprint density at radius 1 is 1.20 bits per heavy atom. The van der Waals surface area contributed by atoms with Crippen molar-refractivity contribution in [3.63, 3.8) is 0 Å². The van der Waals surface area contributed by atoms with Gasteiger partial charge in [0.2, 0.25) is 10.0 Å². The first-order valence-corrected chi connectivity index (χ1v) is 8.34. The molecular weight excluding hydrogens is 294 g/mol. The van der Waals surface area contributed by atoms with E-state index in [9.17, 15) is 8.42 Å². The minimum atomic E-state index is -3.37. The molecule has 5 heteroatoms. The number of rotatable bonds is 5. The maximum Gasteiger partial charge on any atom is 0.215 e. The molecule has 2 rings (SSSR count). The molecule has 0 heterocycles. The van der Waals surface area contributed by atoms with E-state index in [1.807, 2.05) is 49.4 Å². The van der Waals surface area contributed by atoms with E-state index in [0.29, 0.717) is 0 Å². The highest BCUT2D eigenvalue weighted by Crippen LogP contribution is 2.20. The summed E-state index contributed by atoms with van der Waals surface area (Å²) in [6.45, 7) is 1.83. The molecule has 1 atom stereocenters. The molecule has 0 bridgehead atoms. The molecule has 0 aromatic heterocycles. The van der Waals surface area contributed by atoms with E-state index in [2.05, 4.69) is 4.72 Å². The zero-order valence-electron chi connectivity index (χ0n) is 11.1. The third-order valence-corrected chi connectivity index (χ3v) is 4.56. The molecule has 3 nitrogen and oxygen atoms in total. The first-order valence-electron chi connectivity index (χ1n) is 6.26. The molecule has 20 heavy (non-hydrogen) atoms. The summed E-state index contributed by atoms with van der Waals surface area (Å²) in [6, 6.07) is 13.6. The van der Waals surface area contributed by atoms with Crippen LogP contribution in [0.15, 0.2) is 54.1 Å². The van der Waals surface area contributed by atoms with E-state index in [-0.39, 0.29) is 11.8 Å². The zero-order valence-corrected chi connectivity index (χ0v) is 12.7. The van der Waals surface area contributed by atoms with Gasteiger partial charge in [-0.25, -0.2) is 13.1 Å². The van der Waals surface area contributed by atoms with Crippen molar-refractivity contribution in [3.05, 3.63) is 59.6 Å². The second kappa shape index (κ2) is 6.39. The van der Waals surface area contributed by atoms with Gasteiger partial charge in [-0.05, 0) is 29.3 Å². The summed E-state index contributed by atoms with van der Waals surface area (Å²) in [5.74, 6) is -0.117. The molecule has 1 unspecified atom stereocenters. The minimum absolute atomic E-state index is 0.117. The van der Waals surface area contributed by atoms with Crippen molar-refractivity contribution < 1.29 is 8.42 Å². The Morgan fingerprint density at radius 3 is 2.60 bits per heavy atom. The minimum Gasteiger partial charge on any atom is -0.212 e. The lowest BCUT2D eigenvalue weighted by molar-refractivity contribution is 0.570. The lowest BCUT2D eigenvalue weighted by Gasteiger charge is -2.14. The summed E-state index contributed by atoms with van der Waals surface area (Å²) in [6.07, 6.45) is 1.40. The number of benzene rings is 2. The monoisotopic (exact) mass is 309 g/mol. The number of halogens is 1. The van der Waals surface area contributed by atoms with E-state index in [1.165, 1.54) is 11.6 Å². The molecule has 0 aliphatic rings. The van der Waals surface area contributed by atoms with Crippen LogP contribution in [-0.2, 0) is 10.0 Å². The summed E-state index contributed by atoms with van der Waals surface area (Å²) in [4.78, 5) is 0.